The van der Waals surface area contributed by atoms with Gasteiger partial charge in [0.05, 0.1) is 11.3 Å². The molecular weight excluding hydrogens is 328 g/mol. The van der Waals surface area contributed by atoms with E-state index >= 15 is 0 Å². The zero-order valence-corrected chi connectivity index (χ0v) is 14.5. The smallest absolute Gasteiger partial charge is 0.265 e. The molecule has 6 heteroatoms. The van der Waals surface area contributed by atoms with Crippen molar-refractivity contribution in [2.45, 2.75) is 26.9 Å². The molecule has 2 amide bonds. The fourth-order valence-electron chi connectivity index (χ4n) is 2.27. The molecule has 126 valence electrons. The molecule has 0 aromatic heterocycles. The van der Waals surface area contributed by atoms with Crippen LogP contribution in [0.1, 0.15) is 28.4 Å². The minimum absolute atomic E-state index is 0.247. The van der Waals surface area contributed by atoms with E-state index in [1.165, 1.54) is 0 Å². The van der Waals surface area contributed by atoms with Crippen LogP contribution in [-0.4, -0.2) is 17.9 Å². The summed E-state index contributed by atoms with van der Waals surface area (Å²) in [5.74, 6) is -0.433. The molecule has 5 nitrogen and oxygen atoms in total. The third kappa shape index (κ3) is 4.06. The number of benzene rings is 2. The molecule has 0 saturated heterocycles. The number of carbonyl (C=O) groups excluding carboxylic acids is 2. The number of nitrogens with one attached hydrogen (secondary N) is 1. The van der Waals surface area contributed by atoms with Gasteiger partial charge < -0.3 is 15.8 Å². The monoisotopic (exact) mass is 346 g/mol. The number of rotatable bonds is 5. The fourth-order valence-corrected chi connectivity index (χ4v) is 2.38. The first-order chi connectivity index (χ1) is 11.3. The first kappa shape index (κ1) is 17.8. The van der Waals surface area contributed by atoms with Crippen LogP contribution < -0.4 is 15.8 Å². The lowest BCUT2D eigenvalue weighted by atomic mass is 10.1. The normalized spacial score (nSPS) is 11.7. The number of amides is 2. The molecule has 0 aliphatic heterocycles. The molecule has 0 unspecified atom stereocenters. The maximum Gasteiger partial charge on any atom is 0.265 e. The van der Waals surface area contributed by atoms with E-state index in [2.05, 4.69) is 5.32 Å². The van der Waals surface area contributed by atoms with Gasteiger partial charge in [0.1, 0.15) is 5.75 Å². The van der Waals surface area contributed by atoms with Crippen LogP contribution in [-0.2, 0) is 4.79 Å². The molecule has 0 aliphatic rings. The van der Waals surface area contributed by atoms with Crippen LogP contribution in [0.3, 0.4) is 0 Å². The standard InChI is InChI=1S/C18H19ClN2O3/c1-10-8-13(9-11(2)16(10)19)24-12(3)18(23)21-15-7-5-4-6-14(15)17(20)22/h4-9,12H,1-3H3,(H2,20,22)(H,21,23)/t12-/m1/s1. The molecule has 2 rings (SSSR count). The van der Waals surface area contributed by atoms with Gasteiger partial charge in [-0.3, -0.25) is 9.59 Å². The van der Waals surface area contributed by atoms with Crippen molar-refractivity contribution in [3.8, 4) is 5.75 Å². The minimum atomic E-state index is -0.758. The van der Waals surface area contributed by atoms with Crippen molar-refractivity contribution in [1.82, 2.24) is 0 Å². The maximum absolute atomic E-state index is 12.3. The molecule has 0 saturated carbocycles. The highest BCUT2D eigenvalue weighted by molar-refractivity contribution is 6.32. The Hall–Kier alpha value is -2.53. The van der Waals surface area contributed by atoms with Crippen molar-refractivity contribution in [3.63, 3.8) is 0 Å². The van der Waals surface area contributed by atoms with Crippen molar-refractivity contribution < 1.29 is 14.3 Å². The summed E-state index contributed by atoms with van der Waals surface area (Å²) in [7, 11) is 0. The van der Waals surface area contributed by atoms with E-state index in [-0.39, 0.29) is 11.5 Å². The number of aryl methyl sites for hydroxylation is 2. The number of anilines is 1. The van der Waals surface area contributed by atoms with Crippen LogP contribution in [0.2, 0.25) is 5.02 Å². The highest BCUT2D eigenvalue weighted by Crippen LogP contribution is 2.26. The molecule has 3 N–H and O–H groups in total. The molecule has 2 aromatic carbocycles. The number of nitrogens with two attached hydrogens (primary N) is 1. The Bertz CT molecular complexity index is 767. The van der Waals surface area contributed by atoms with E-state index in [4.69, 9.17) is 22.1 Å². The molecule has 0 radical (unpaired) electrons. The first-order valence-electron chi connectivity index (χ1n) is 7.42. The highest BCUT2D eigenvalue weighted by Gasteiger charge is 2.18. The Kier molecular flexibility index (Phi) is 5.46. The van der Waals surface area contributed by atoms with Gasteiger partial charge in [-0.1, -0.05) is 23.7 Å². The third-order valence-corrected chi connectivity index (χ3v) is 4.14. The van der Waals surface area contributed by atoms with Crippen LogP contribution in [0.15, 0.2) is 36.4 Å². The fraction of sp³-hybridized carbons (Fsp3) is 0.222. The number of ether oxygens (including phenoxy) is 1. The van der Waals surface area contributed by atoms with E-state index in [9.17, 15) is 9.59 Å². The van der Waals surface area contributed by atoms with Crippen molar-refractivity contribution >= 4 is 29.1 Å². The van der Waals surface area contributed by atoms with Gasteiger partial charge in [0.25, 0.3) is 11.8 Å². The summed E-state index contributed by atoms with van der Waals surface area (Å²) in [6.07, 6.45) is -0.758. The van der Waals surface area contributed by atoms with E-state index in [1.54, 1.807) is 43.3 Å². The molecule has 2 aromatic rings. The van der Waals surface area contributed by atoms with E-state index in [0.717, 1.165) is 11.1 Å². The van der Waals surface area contributed by atoms with Gasteiger partial charge in [-0.25, -0.2) is 0 Å². The Morgan fingerprint density at radius 1 is 1.17 bits per heavy atom. The molecule has 0 spiro atoms. The van der Waals surface area contributed by atoms with Crippen LogP contribution >= 0.6 is 11.6 Å². The van der Waals surface area contributed by atoms with E-state index < -0.39 is 12.0 Å². The molecule has 0 aliphatic carbocycles. The van der Waals surface area contributed by atoms with Crippen molar-refractivity contribution in [2.75, 3.05) is 5.32 Å². The van der Waals surface area contributed by atoms with Crippen molar-refractivity contribution in [3.05, 3.63) is 58.1 Å². The molecule has 0 bridgehead atoms. The average Bonchev–Trinajstić information content (AvgIpc) is 2.52. The summed E-state index contributed by atoms with van der Waals surface area (Å²) in [5, 5.41) is 3.34. The Labute approximate surface area is 145 Å². The van der Waals surface area contributed by atoms with Gasteiger partial charge in [0, 0.05) is 5.02 Å². The van der Waals surface area contributed by atoms with Gasteiger partial charge in [0.2, 0.25) is 0 Å². The van der Waals surface area contributed by atoms with E-state index in [0.29, 0.717) is 16.5 Å². The second kappa shape index (κ2) is 7.36. The largest absolute Gasteiger partial charge is 0.481 e. The zero-order chi connectivity index (χ0) is 17.9. The number of carbonyl (C=O) groups is 2. The van der Waals surface area contributed by atoms with Crippen molar-refractivity contribution in [2.24, 2.45) is 5.73 Å². The summed E-state index contributed by atoms with van der Waals surface area (Å²) in [6.45, 7) is 5.37. The topological polar surface area (TPSA) is 81.4 Å². The summed E-state index contributed by atoms with van der Waals surface area (Å²) in [6, 6.07) is 10.1. The number of hydrogen-bond donors (Lipinski definition) is 2. The van der Waals surface area contributed by atoms with Gasteiger partial charge in [0.15, 0.2) is 6.10 Å². The molecule has 0 fully saturated rings. The third-order valence-electron chi connectivity index (χ3n) is 3.54. The van der Waals surface area contributed by atoms with Crippen LogP contribution in [0.5, 0.6) is 5.75 Å². The number of hydrogen-bond acceptors (Lipinski definition) is 3. The minimum Gasteiger partial charge on any atom is -0.481 e. The predicted molar refractivity (Wildman–Crippen MR) is 94.6 cm³/mol. The molecule has 24 heavy (non-hydrogen) atoms. The predicted octanol–water partition coefficient (Wildman–Crippen LogP) is 3.46. The summed E-state index contributed by atoms with van der Waals surface area (Å²) in [5.41, 5.74) is 7.65. The second-order valence-corrected chi connectivity index (χ2v) is 5.91. The summed E-state index contributed by atoms with van der Waals surface area (Å²) in [4.78, 5) is 23.7. The lowest BCUT2D eigenvalue weighted by Gasteiger charge is -2.17. The van der Waals surface area contributed by atoms with Crippen LogP contribution in [0.25, 0.3) is 0 Å². The number of primary amides is 1. The Balaban J connectivity index is 2.12. The van der Waals surface area contributed by atoms with E-state index in [1.807, 2.05) is 13.8 Å². The van der Waals surface area contributed by atoms with Gasteiger partial charge in [-0.15, -0.1) is 0 Å². The molecule has 1 atom stereocenters. The van der Waals surface area contributed by atoms with Crippen LogP contribution in [0, 0.1) is 13.8 Å². The van der Waals surface area contributed by atoms with Gasteiger partial charge in [-0.05, 0) is 56.2 Å². The van der Waals surface area contributed by atoms with Crippen LogP contribution in [0.4, 0.5) is 5.69 Å². The summed E-state index contributed by atoms with van der Waals surface area (Å²) < 4.78 is 5.68. The van der Waals surface area contributed by atoms with Gasteiger partial charge in [-0.2, -0.15) is 0 Å². The lowest BCUT2D eigenvalue weighted by molar-refractivity contribution is -0.122. The lowest BCUT2D eigenvalue weighted by Crippen LogP contribution is -2.31. The average molecular weight is 347 g/mol. The quantitative estimate of drug-likeness (QED) is 0.869. The summed E-state index contributed by atoms with van der Waals surface area (Å²) >= 11 is 6.12. The number of halogens is 1. The Morgan fingerprint density at radius 2 is 1.75 bits per heavy atom. The first-order valence-corrected chi connectivity index (χ1v) is 7.80. The zero-order valence-electron chi connectivity index (χ0n) is 13.7. The number of para-hydroxylation sites is 1. The highest BCUT2D eigenvalue weighted by atomic mass is 35.5. The SMILES string of the molecule is Cc1cc(O[C@H](C)C(=O)Nc2ccccc2C(N)=O)cc(C)c1Cl. The molecular formula is C18H19ClN2O3. The Morgan fingerprint density at radius 3 is 2.33 bits per heavy atom. The second-order valence-electron chi connectivity index (χ2n) is 5.53. The molecule has 0 heterocycles. The maximum atomic E-state index is 12.3. The van der Waals surface area contributed by atoms with Crippen molar-refractivity contribution in [1.29, 1.82) is 0 Å². The van der Waals surface area contributed by atoms with Gasteiger partial charge >= 0.3 is 0 Å².